The number of benzene rings is 2. The van der Waals surface area contributed by atoms with Crippen LogP contribution in [0.2, 0.25) is 0 Å². The summed E-state index contributed by atoms with van der Waals surface area (Å²) < 4.78 is 121. The Morgan fingerprint density at radius 1 is 1.05 bits per heavy atom. The van der Waals surface area contributed by atoms with E-state index in [9.17, 15) is 26.3 Å². The Kier molecular flexibility index (Phi) is 7.34. The molecule has 214 valence electrons. The first-order valence-electron chi connectivity index (χ1n) is 12.6. The van der Waals surface area contributed by atoms with Crippen molar-refractivity contribution in [1.29, 1.82) is 0 Å². The van der Waals surface area contributed by atoms with Gasteiger partial charge in [0.25, 0.3) is 0 Å². The molecule has 0 saturated carbocycles. The molecule has 39 heavy (non-hydrogen) atoms. The molecule has 0 spiro atoms. The van der Waals surface area contributed by atoms with Crippen LogP contribution in [0, 0.1) is 11.6 Å². The fourth-order valence-corrected chi connectivity index (χ4v) is 5.73. The molecule has 0 amide bonds. The zero-order valence-electron chi connectivity index (χ0n) is 20.9. The molecule has 2 aromatic rings. The quantitative estimate of drug-likeness (QED) is 0.415. The van der Waals surface area contributed by atoms with Gasteiger partial charge in [-0.05, 0) is 61.6 Å². The highest BCUT2D eigenvalue weighted by Gasteiger charge is 2.47. The maximum absolute atomic E-state index is 15.6. The summed E-state index contributed by atoms with van der Waals surface area (Å²) in [5.41, 5.74) is -0.163. The first-order valence-corrected chi connectivity index (χ1v) is 12.6. The number of ether oxygens (including phenoxy) is 2. The molecule has 0 bridgehead atoms. The molecule has 1 N–H and O–H groups in total. The predicted molar refractivity (Wildman–Crippen MR) is 126 cm³/mol. The largest absolute Gasteiger partial charge is 0.586 e. The Bertz CT molecular complexity index is 1200. The molecule has 13 heteroatoms. The van der Waals surface area contributed by atoms with Crippen LogP contribution in [0.15, 0.2) is 24.3 Å². The molecule has 5 rings (SSSR count). The second-order valence-electron chi connectivity index (χ2n) is 10.2. The lowest BCUT2D eigenvalue weighted by molar-refractivity contribution is -0.286. The van der Waals surface area contributed by atoms with E-state index in [1.54, 1.807) is 0 Å². The van der Waals surface area contributed by atoms with E-state index in [-0.39, 0.29) is 29.5 Å². The van der Waals surface area contributed by atoms with Gasteiger partial charge in [0.05, 0.1) is 19.3 Å². The summed E-state index contributed by atoms with van der Waals surface area (Å²) in [6, 6.07) is 1.79. The number of alkyl halides is 6. The Morgan fingerprint density at radius 3 is 2.36 bits per heavy atom. The molecular formula is C26H27F8N3O2. The monoisotopic (exact) mass is 565 g/mol. The number of halogens is 8. The van der Waals surface area contributed by atoms with Crippen LogP contribution >= 0.6 is 0 Å². The normalized spacial score (nSPS) is 24.7. The van der Waals surface area contributed by atoms with Crippen molar-refractivity contribution in [3.05, 3.63) is 52.6 Å². The molecule has 1 unspecified atom stereocenters. The van der Waals surface area contributed by atoms with Crippen LogP contribution in [0.4, 0.5) is 40.8 Å². The van der Waals surface area contributed by atoms with Crippen LogP contribution in [0.3, 0.4) is 0 Å². The van der Waals surface area contributed by atoms with Gasteiger partial charge in [-0.1, -0.05) is 0 Å². The summed E-state index contributed by atoms with van der Waals surface area (Å²) in [5.74, 6) is -2.88. The second-order valence-corrected chi connectivity index (χ2v) is 10.2. The number of nitrogens with zero attached hydrogens (tertiary/aromatic N) is 2. The number of nitrogens with one attached hydrogen (secondary N) is 1. The fourth-order valence-electron chi connectivity index (χ4n) is 5.73. The lowest BCUT2D eigenvalue weighted by Gasteiger charge is -2.42. The van der Waals surface area contributed by atoms with E-state index in [2.05, 4.69) is 14.8 Å². The minimum absolute atomic E-state index is 0.00753. The van der Waals surface area contributed by atoms with Gasteiger partial charge in [0.1, 0.15) is 11.6 Å². The summed E-state index contributed by atoms with van der Waals surface area (Å²) in [6.07, 6.45) is -7.60. The SMILES string of the molecule is C[C@@H]1Cc2cc3c(cc2[C@@H](c2c(F)cc(NC4CCN(CCCF)C4)cc2F)N1CC(F)(F)F)OC(F)(F)O3. The number of hydrogen-bond donors (Lipinski definition) is 1. The molecule has 1 saturated heterocycles. The van der Waals surface area contributed by atoms with Crippen LogP contribution < -0.4 is 14.8 Å². The van der Waals surface area contributed by atoms with Crippen molar-refractivity contribution in [3.8, 4) is 11.5 Å². The van der Waals surface area contributed by atoms with Crippen LogP contribution in [0.1, 0.15) is 42.5 Å². The smallest absolute Gasteiger partial charge is 0.395 e. The van der Waals surface area contributed by atoms with Crippen molar-refractivity contribution < 1.29 is 44.6 Å². The summed E-state index contributed by atoms with van der Waals surface area (Å²) in [7, 11) is 0. The molecule has 3 heterocycles. The molecule has 0 aromatic heterocycles. The molecule has 2 aromatic carbocycles. The fraction of sp³-hybridized carbons (Fsp3) is 0.538. The Labute approximate surface area is 219 Å². The Balaban J connectivity index is 1.50. The van der Waals surface area contributed by atoms with Gasteiger partial charge in [0.15, 0.2) is 11.5 Å². The highest BCUT2D eigenvalue weighted by Crippen LogP contribution is 2.49. The van der Waals surface area contributed by atoms with Crippen molar-refractivity contribution in [3.63, 3.8) is 0 Å². The van der Waals surface area contributed by atoms with Crippen LogP contribution in [0.25, 0.3) is 0 Å². The minimum atomic E-state index is -4.70. The first kappa shape index (κ1) is 27.8. The van der Waals surface area contributed by atoms with Gasteiger partial charge in [-0.3, -0.25) is 9.29 Å². The number of rotatable bonds is 7. The van der Waals surface area contributed by atoms with Gasteiger partial charge in [-0.15, -0.1) is 8.78 Å². The van der Waals surface area contributed by atoms with E-state index < -0.39 is 60.7 Å². The molecule has 3 atom stereocenters. The average Bonchev–Trinajstić information content (AvgIpc) is 3.38. The van der Waals surface area contributed by atoms with Gasteiger partial charge < -0.3 is 19.7 Å². The van der Waals surface area contributed by atoms with Crippen molar-refractivity contribution in [2.75, 3.05) is 38.2 Å². The number of fused-ring (bicyclic) bond motifs is 2. The Hall–Kier alpha value is -2.80. The maximum atomic E-state index is 15.6. The van der Waals surface area contributed by atoms with Crippen LogP contribution in [0.5, 0.6) is 11.5 Å². The number of anilines is 1. The summed E-state index contributed by atoms with van der Waals surface area (Å²) in [4.78, 5) is 2.94. The lowest BCUT2D eigenvalue weighted by Crippen LogP contribution is -2.47. The van der Waals surface area contributed by atoms with Crippen LogP contribution in [-0.4, -0.2) is 67.2 Å². The molecule has 5 nitrogen and oxygen atoms in total. The number of hydrogen-bond acceptors (Lipinski definition) is 5. The molecule has 0 radical (unpaired) electrons. The maximum Gasteiger partial charge on any atom is 0.586 e. The van der Waals surface area contributed by atoms with Crippen molar-refractivity contribution >= 4 is 5.69 Å². The van der Waals surface area contributed by atoms with E-state index in [0.717, 1.165) is 23.1 Å². The van der Waals surface area contributed by atoms with Gasteiger partial charge in [0.2, 0.25) is 0 Å². The third kappa shape index (κ3) is 5.88. The third-order valence-electron chi connectivity index (χ3n) is 7.34. The molecule has 3 aliphatic rings. The van der Waals surface area contributed by atoms with E-state index in [1.807, 2.05) is 4.90 Å². The zero-order chi connectivity index (χ0) is 28.1. The number of likely N-dealkylation sites (tertiary alicyclic amines) is 1. The van der Waals surface area contributed by atoms with Crippen molar-refractivity contribution in [2.24, 2.45) is 0 Å². The summed E-state index contributed by atoms with van der Waals surface area (Å²) >= 11 is 0. The average molecular weight is 566 g/mol. The van der Waals surface area contributed by atoms with Gasteiger partial charge >= 0.3 is 12.5 Å². The predicted octanol–water partition coefficient (Wildman–Crippen LogP) is 6.03. The molecular weight excluding hydrogens is 538 g/mol. The zero-order valence-corrected chi connectivity index (χ0v) is 20.9. The highest BCUT2D eigenvalue weighted by molar-refractivity contribution is 5.55. The van der Waals surface area contributed by atoms with E-state index in [4.69, 9.17) is 0 Å². The van der Waals surface area contributed by atoms with Gasteiger partial charge in [-0.25, -0.2) is 8.78 Å². The molecule has 0 aliphatic carbocycles. The minimum Gasteiger partial charge on any atom is -0.395 e. The topological polar surface area (TPSA) is 37.0 Å². The van der Waals surface area contributed by atoms with E-state index in [0.29, 0.717) is 38.0 Å². The second kappa shape index (κ2) is 10.3. The summed E-state index contributed by atoms with van der Waals surface area (Å²) in [5, 5.41) is 3.05. The van der Waals surface area contributed by atoms with E-state index >= 15 is 8.78 Å². The van der Waals surface area contributed by atoms with Crippen molar-refractivity contribution in [1.82, 2.24) is 9.80 Å². The lowest BCUT2D eigenvalue weighted by atomic mass is 9.84. The van der Waals surface area contributed by atoms with Gasteiger partial charge in [-0.2, -0.15) is 13.2 Å². The molecule has 1 fully saturated rings. The highest BCUT2D eigenvalue weighted by atomic mass is 19.4. The first-order chi connectivity index (χ1) is 18.3. The standard InChI is InChI=1S/C26H27F8N3O2/c1-14-7-15-8-21-22(39-26(33,34)38-21)11-18(15)24(37(14)13-25(30,31)32)23-19(28)9-17(10-20(23)29)35-16-3-6-36(12-16)5-2-4-27/h8-11,14,16,24,35H,2-7,12-13H2,1H3/t14-,16?,24+/m1/s1. The van der Waals surface area contributed by atoms with Gasteiger partial charge in [0, 0.05) is 43.0 Å². The van der Waals surface area contributed by atoms with Crippen LogP contribution in [-0.2, 0) is 6.42 Å². The van der Waals surface area contributed by atoms with E-state index in [1.165, 1.54) is 13.0 Å². The molecule has 3 aliphatic heterocycles. The van der Waals surface area contributed by atoms with Crippen molar-refractivity contribution in [2.45, 2.75) is 56.8 Å². The summed E-state index contributed by atoms with van der Waals surface area (Å²) in [6.45, 7) is 1.37. The third-order valence-corrected chi connectivity index (χ3v) is 7.34. The Morgan fingerprint density at radius 2 is 1.72 bits per heavy atom.